The van der Waals surface area contributed by atoms with E-state index in [0.29, 0.717) is 11.4 Å². The van der Waals surface area contributed by atoms with Crippen LogP contribution in [0.2, 0.25) is 0 Å². The molecule has 7 heteroatoms. The molecule has 3 aromatic rings. The Morgan fingerprint density at radius 3 is 2.31 bits per heavy atom. The summed E-state index contributed by atoms with van der Waals surface area (Å²) in [5, 5.41) is 5.46. The summed E-state index contributed by atoms with van der Waals surface area (Å²) in [5.74, 6) is -0.661. The monoisotopic (exact) mass is 350 g/mol. The van der Waals surface area contributed by atoms with E-state index in [1.165, 1.54) is 37.5 Å². The highest BCUT2D eigenvalue weighted by Gasteiger charge is 2.11. The lowest BCUT2D eigenvalue weighted by atomic mass is 10.1. The van der Waals surface area contributed by atoms with E-state index < -0.39 is 11.7 Å². The van der Waals surface area contributed by atoms with Crippen molar-refractivity contribution in [2.75, 3.05) is 10.6 Å². The highest BCUT2D eigenvalue weighted by atomic mass is 19.1. The first-order valence-electron chi connectivity index (χ1n) is 7.79. The van der Waals surface area contributed by atoms with E-state index >= 15 is 0 Å². The molecule has 26 heavy (non-hydrogen) atoms. The van der Waals surface area contributed by atoms with Gasteiger partial charge in [0.2, 0.25) is 0 Å². The van der Waals surface area contributed by atoms with Gasteiger partial charge in [-0.25, -0.2) is 14.4 Å². The molecule has 0 aliphatic carbocycles. The van der Waals surface area contributed by atoms with E-state index in [4.69, 9.17) is 0 Å². The Morgan fingerprint density at radius 2 is 1.69 bits per heavy atom. The van der Waals surface area contributed by atoms with Crippen molar-refractivity contribution in [2.24, 2.45) is 0 Å². The fourth-order valence-corrected chi connectivity index (χ4v) is 2.19. The van der Waals surface area contributed by atoms with Gasteiger partial charge in [0, 0.05) is 11.3 Å². The number of benzene rings is 2. The lowest BCUT2D eigenvalue weighted by Crippen LogP contribution is -2.15. The first kappa shape index (κ1) is 17.2. The van der Waals surface area contributed by atoms with Crippen molar-refractivity contribution in [3.05, 3.63) is 78.0 Å². The number of aromatic nitrogens is 2. The van der Waals surface area contributed by atoms with Crippen molar-refractivity contribution in [3.8, 4) is 0 Å². The smallest absolute Gasteiger partial charge is 0.275 e. The van der Waals surface area contributed by atoms with Crippen LogP contribution in [0.5, 0.6) is 0 Å². The van der Waals surface area contributed by atoms with Gasteiger partial charge in [-0.15, -0.1) is 0 Å². The maximum absolute atomic E-state index is 13.6. The van der Waals surface area contributed by atoms with E-state index in [-0.39, 0.29) is 17.2 Å². The Kier molecular flexibility index (Phi) is 4.98. The fourth-order valence-electron chi connectivity index (χ4n) is 2.19. The second kappa shape index (κ2) is 7.52. The largest absolute Gasteiger partial charge is 0.339 e. The van der Waals surface area contributed by atoms with Crippen LogP contribution in [0, 0.1) is 5.82 Å². The molecular weight excluding hydrogens is 335 g/mol. The van der Waals surface area contributed by atoms with Gasteiger partial charge < -0.3 is 10.6 Å². The fraction of sp³-hybridized carbons (Fsp3) is 0.0526. The van der Waals surface area contributed by atoms with Gasteiger partial charge in [-0.2, -0.15) is 0 Å². The molecule has 0 atom stereocenters. The number of ketones is 1. The lowest BCUT2D eigenvalue weighted by Gasteiger charge is -2.08. The molecule has 1 aromatic heterocycles. The number of carbonyl (C=O) groups is 2. The molecule has 1 heterocycles. The molecule has 0 fully saturated rings. The van der Waals surface area contributed by atoms with E-state index in [0.717, 1.165) is 5.69 Å². The van der Waals surface area contributed by atoms with E-state index in [1.807, 2.05) is 0 Å². The summed E-state index contributed by atoms with van der Waals surface area (Å²) >= 11 is 0. The predicted molar refractivity (Wildman–Crippen MR) is 96.1 cm³/mol. The highest BCUT2D eigenvalue weighted by Crippen LogP contribution is 2.16. The summed E-state index contributed by atoms with van der Waals surface area (Å²) in [4.78, 5) is 31.5. The summed E-state index contributed by atoms with van der Waals surface area (Å²) in [6.45, 7) is 1.50. The van der Waals surface area contributed by atoms with E-state index in [1.54, 1.807) is 30.3 Å². The van der Waals surface area contributed by atoms with Crippen LogP contribution in [0.3, 0.4) is 0 Å². The number of nitrogens with zero attached hydrogens (tertiary/aromatic N) is 2. The summed E-state index contributed by atoms with van der Waals surface area (Å²) in [7, 11) is 0. The zero-order chi connectivity index (χ0) is 18.5. The zero-order valence-corrected chi connectivity index (χ0v) is 13.9. The number of para-hydroxylation sites is 1. The lowest BCUT2D eigenvalue weighted by molar-refractivity contribution is 0.101. The third-order valence-corrected chi connectivity index (χ3v) is 3.57. The van der Waals surface area contributed by atoms with Crippen molar-refractivity contribution in [1.29, 1.82) is 0 Å². The first-order chi connectivity index (χ1) is 12.5. The molecule has 0 saturated heterocycles. The van der Waals surface area contributed by atoms with Crippen molar-refractivity contribution in [3.63, 3.8) is 0 Å². The molecule has 0 unspecified atom stereocenters. The zero-order valence-electron chi connectivity index (χ0n) is 13.9. The predicted octanol–water partition coefficient (Wildman–Crippen LogP) is 3.81. The van der Waals surface area contributed by atoms with Crippen molar-refractivity contribution < 1.29 is 14.0 Å². The average molecular weight is 350 g/mol. The number of hydrogen-bond donors (Lipinski definition) is 2. The topological polar surface area (TPSA) is 84.0 Å². The summed E-state index contributed by atoms with van der Waals surface area (Å²) in [6.07, 6.45) is 2.69. The van der Waals surface area contributed by atoms with Crippen LogP contribution in [0.1, 0.15) is 27.8 Å². The standard InChI is InChI=1S/C19H15FN4O2/c1-12(25)13-6-8-14(9-7-13)23-18-11-21-17(10-22-18)19(26)24-16-5-3-2-4-15(16)20/h2-11H,1H3,(H,22,23)(H,24,26). The molecule has 0 bridgehead atoms. The molecule has 1 amide bonds. The van der Waals surface area contributed by atoms with Crippen LogP contribution in [0.25, 0.3) is 0 Å². The number of Topliss-reactive ketones (excluding diaryl/α,β-unsaturated/α-hetero) is 1. The van der Waals surface area contributed by atoms with Gasteiger partial charge in [0.25, 0.3) is 5.91 Å². The molecule has 0 aliphatic rings. The van der Waals surface area contributed by atoms with Gasteiger partial charge in [-0.1, -0.05) is 12.1 Å². The quantitative estimate of drug-likeness (QED) is 0.684. The van der Waals surface area contributed by atoms with E-state index in [2.05, 4.69) is 20.6 Å². The minimum absolute atomic E-state index is 0.0124. The van der Waals surface area contributed by atoms with E-state index in [9.17, 15) is 14.0 Å². The molecule has 2 N–H and O–H groups in total. The Hall–Kier alpha value is -3.61. The van der Waals surface area contributed by atoms with Gasteiger partial charge in [-0.3, -0.25) is 9.59 Å². The van der Waals surface area contributed by atoms with Gasteiger partial charge in [0.15, 0.2) is 5.78 Å². The van der Waals surface area contributed by atoms with Crippen molar-refractivity contribution in [2.45, 2.75) is 6.92 Å². The van der Waals surface area contributed by atoms with Crippen LogP contribution >= 0.6 is 0 Å². The number of nitrogens with one attached hydrogen (secondary N) is 2. The minimum Gasteiger partial charge on any atom is -0.339 e. The summed E-state index contributed by atoms with van der Waals surface area (Å²) in [6, 6.07) is 12.8. The van der Waals surface area contributed by atoms with Crippen molar-refractivity contribution in [1.82, 2.24) is 9.97 Å². The average Bonchev–Trinajstić information content (AvgIpc) is 2.64. The molecule has 0 spiro atoms. The number of anilines is 3. The summed E-state index contributed by atoms with van der Waals surface area (Å²) < 4.78 is 13.6. The van der Waals surface area contributed by atoms with Crippen LogP contribution in [-0.4, -0.2) is 21.7 Å². The SMILES string of the molecule is CC(=O)c1ccc(Nc2cnc(C(=O)Nc3ccccc3F)cn2)cc1. The van der Waals surface area contributed by atoms with Gasteiger partial charge in [-0.05, 0) is 43.3 Å². The van der Waals surface area contributed by atoms with Crippen LogP contribution in [0.4, 0.5) is 21.6 Å². The van der Waals surface area contributed by atoms with Crippen LogP contribution in [-0.2, 0) is 0 Å². The maximum Gasteiger partial charge on any atom is 0.275 e. The number of hydrogen-bond acceptors (Lipinski definition) is 5. The molecular formula is C19H15FN4O2. The third-order valence-electron chi connectivity index (χ3n) is 3.57. The molecule has 0 aliphatic heterocycles. The molecule has 130 valence electrons. The normalized spacial score (nSPS) is 10.2. The van der Waals surface area contributed by atoms with Crippen LogP contribution < -0.4 is 10.6 Å². The van der Waals surface area contributed by atoms with Gasteiger partial charge in [0.1, 0.15) is 17.3 Å². The van der Waals surface area contributed by atoms with Crippen molar-refractivity contribution >= 4 is 28.9 Å². The maximum atomic E-state index is 13.6. The second-order valence-corrected chi connectivity index (χ2v) is 5.48. The number of amides is 1. The molecule has 0 saturated carbocycles. The minimum atomic E-state index is -0.556. The second-order valence-electron chi connectivity index (χ2n) is 5.48. The van der Waals surface area contributed by atoms with Gasteiger partial charge >= 0.3 is 0 Å². The first-order valence-corrected chi connectivity index (χ1v) is 7.79. The molecule has 0 radical (unpaired) electrons. The number of halogens is 1. The van der Waals surface area contributed by atoms with Crippen LogP contribution in [0.15, 0.2) is 60.9 Å². The number of rotatable bonds is 5. The highest BCUT2D eigenvalue weighted by molar-refractivity contribution is 6.02. The Labute approximate surface area is 149 Å². The Bertz CT molecular complexity index is 941. The Morgan fingerprint density at radius 1 is 0.962 bits per heavy atom. The van der Waals surface area contributed by atoms with Gasteiger partial charge in [0.05, 0.1) is 18.1 Å². The molecule has 3 rings (SSSR count). The third kappa shape index (κ3) is 4.07. The molecule has 2 aromatic carbocycles. The summed E-state index contributed by atoms with van der Waals surface area (Å²) in [5.41, 5.74) is 1.48. The number of carbonyl (C=O) groups excluding carboxylic acids is 2. The molecule has 6 nitrogen and oxygen atoms in total. The Balaban J connectivity index is 1.67.